The number of nitrogens with zero attached hydrogens (tertiary/aromatic N) is 1. The lowest BCUT2D eigenvalue weighted by molar-refractivity contribution is -0.136. The van der Waals surface area contributed by atoms with Crippen molar-refractivity contribution >= 4 is 5.91 Å². The summed E-state index contributed by atoms with van der Waals surface area (Å²) in [5.41, 5.74) is 0.769. The molecule has 0 aromatic heterocycles. The lowest BCUT2D eigenvalue weighted by atomic mass is 10.0. The first-order valence-electron chi connectivity index (χ1n) is 6.67. The highest BCUT2D eigenvalue weighted by Crippen LogP contribution is 2.30. The first-order chi connectivity index (χ1) is 9.00. The first kappa shape index (κ1) is 13.9. The van der Waals surface area contributed by atoms with E-state index >= 15 is 0 Å². The number of amides is 1. The van der Waals surface area contributed by atoms with Crippen LogP contribution in [0.4, 0.5) is 0 Å². The van der Waals surface area contributed by atoms with Crippen molar-refractivity contribution in [2.45, 2.75) is 32.4 Å². The van der Waals surface area contributed by atoms with Crippen LogP contribution >= 0.6 is 0 Å². The van der Waals surface area contributed by atoms with Gasteiger partial charge >= 0.3 is 0 Å². The van der Waals surface area contributed by atoms with Crippen LogP contribution < -0.4 is 0 Å². The van der Waals surface area contributed by atoms with Crippen LogP contribution in [0.15, 0.2) is 24.3 Å². The maximum atomic E-state index is 12.4. The Bertz CT molecular complexity index is 460. The number of hydrogen-bond acceptors (Lipinski definition) is 3. The average Bonchev–Trinajstić information content (AvgIpc) is 2.83. The van der Waals surface area contributed by atoms with Gasteiger partial charge in [-0.15, -0.1) is 0 Å². The largest absolute Gasteiger partial charge is 0.508 e. The fourth-order valence-corrected chi connectivity index (χ4v) is 2.52. The molecule has 1 aromatic carbocycles. The maximum Gasteiger partial charge on any atom is 0.228 e. The van der Waals surface area contributed by atoms with Crippen molar-refractivity contribution in [3.63, 3.8) is 0 Å². The molecule has 3 atom stereocenters. The third kappa shape index (κ3) is 2.89. The second kappa shape index (κ2) is 5.61. The third-order valence-electron chi connectivity index (χ3n) is 3.86. The number of aromatic hydroxyl groups is 1. The molecule has 0 saturated carbocycles. The fourth-order valence-electron chi connectivity index (χ4n) is 2.52. The molecule has 0 aliphatic carbocycles. The van der Waals surface area contributed by atoms with Crippen molar-refractivity contribution in [1.82, 2.24) is 4.90 Å². The molecular formula is C15H21NO3. The molecule has 1 N–H and O–H groups in total. The Balaban J connectivity index is 2.09. The number of carbonyl (C=O) groups excluding carboxylic acids is 1. The van der Waals surface area contributed by atoms with E-state index in [1.165, 1.54) is 0 Å². The topological polar surface area (TPSA) is 49.8 Å². The second-order valence-electron chi connectivity index (χ2n) is 5.26. The molecule has 1 saturated heterocycles. The molecule has 4 nitrogen and oxygen atoms in total. The van der Waals surface area contributed by atoms with Gasteiger partial charge in [-0.2, -0.15) is 0 Å². The van der Waals surface area contributed by atoms with Gasteiger partial charge in [-0.3, -0.25) is 4.79 Å². The van der Waals surface area contributed by atoms with Gasteiger partial charge in [0.1, 0.15) is 5.75 Å². The Hall–Kier alpha value is -1.55. The third-order valence-corrected chi connectivity index (χ3v) is 3.86. The highest BCUT2D eigenvalue weighted by molar-refractivity contribution is 5.79. The Morgan fingerprint density at radius 3 is 2.74 bits per heavy atom. The highest BCUT2D eigenvalue weighted by Gasteiger charge is 2.32. The van der Waals surface area contributed by atoms with E-state index in [1.807, 2.05) is 26.0 Å². The number of ether oxygens (including phenoxy) is 1. The summed E-state index contributed by atoms with van der Waals surface area (Å²) in [7, 11) is 1.78. The summed E-state index contributed by atoms with van der Waals surface area (Å²) in [5, 5.41) is 9.86. The quantitative estimate of drug-likeness (QED) is 0.910. The number of rotatable bonds is 3. The second-order valence-corrected chi connectivity index (χ2v) is 5.26. The molecule has 1 fully saturated rings. The van der Waals surface area contributed by atoms with Gasteiger partial charge in [-0.1, -0.05) is 18.2 Å². The molecule has 1 aliphatic heterocycles. The summed E-state index contributed by atoms with van der Waals surface area (Å²) in [6.45, 7) is 4.41. The number of phenolic OH excluding ortho intramolecular Hbond substituents is 1. The lowest BCUT2D eigenvalue weighted by Gasteiger charge is -2.28. The van der Waals surface area contributed by atoms with E-state index in [-0.39, 0.29) is 29.7 Å². The van der Waals surface area contributed by atoms with Crippen LogP contribution in [-0.4, -0.2) is 35.7 Å². The molecule has 1 amide bonds. The molecule has 4 heteroatoms. The van der Waals surface area contributed by atoms with Gasteiger partial charge in [-0.25, -0.2) is 0 Å². The number of hydrogen-bond donors (Lipinski definition) is 1. The van der Waals surface area contributed by atoms with E-state index in [1.54, 1.807) is 24.1 Å². The number of phenols is 1. The molecule has 1 heterocycles. The van der Waals surface area contributed by atoms with Crippen LogP contribution in [-0.2, 0) is 9.53 Å². The van der Waals surface area contributed by atoms with Gasteiger partial charge in [0.05, 0.1) is 24.7 Å². The van der Waals surface area contributed by atoms with Crippen molar-refractivity contribution in [2.24, 2.45) is 5.92 Å². The van der Waals surface area contributed by atoms with Crippen molar-refractivity contribution in [3.8, 4) is 5.75 Å². The molecule has 0 radical (unpaired) electrons. The Morgan fingerprint density at radius 1 is 1.47 bits per heavy atom. The van der Waals surface area contributed by atoms with Crippen LogP contribution in [0.1, 0.15) is 31.9 Å². The lowest BCUT2D eigenvalue weighted by Crippen LogP contribution is -2.35. The van der Waals surface area contributed by atoms with Gasteiger partial charge in [0.2, 0.25) is 5.91 Å². The summed E-state index contributed by atoms with van der Waals surface area (Å²) in [6.07, 6.45) is 0.930. The van der Waals surface area contributed by atoms with E-state index in [0.29, 0.717) is 6.61 Å². The summed E-state index contributed by atoms with van der Waals surface area (Å²) in [4.78, 5) is 14.1. The zero-order valence-corrected chi connectivity index (χ0v) is 11.7. The van der Waals surface area contributed by atoms with Gasteiger partial charge in [0.15, 0.2) is 0 Å². The van der Waals surface area contributed by atoms with Crippen molar-refractivity contribution < 1.29 is 14.6 Å². The van der Waals surface area contributed by atoms with E-state index in [4.69, 9.17) is 4.74 Å². The minimum Gasteiger partial charge on any atom is -0.508 e. The molecule has 104 valence electrons. The SMILES string of the molecule is CC1CC(C(=O)N(C)C(C)c2ccccc2O)CO1. The van der Waals surface area contributed by atoms with Crippen molar-refractivity contribution in [1.29, 1.82) is 0 Å². The normalized spacial score (nSPS) is 24.2. The maximum absolute atomic E-state index is 12.4. The summed E-state index contributed by atoms with van der Waals surface area (Å²) in [5.74, 6) is 0.249. The molecule has 0 spiro atoms. The van der Waals surface area contributed by atoms with Gasteiger partial charge < -0.3 is 14.7 Å². The Kier molecular flexibility index (Phi) is 4.10. The zero-order chi connectivity index (χ0) is 14.0. The molecule has 1 aromatic rings. The summed E-state index contributed by atoms with van der Waals surface area (Å²) in [6, 6.07) is 6.98. The minimum atomic E-state index is -0.149. The molecule has 1 aliphatic rings. The number of para-hydroxylation sites is 1. The van der Waals surface area contributed by atoms with Gasteiger partial charge in [0.25, 0.3) is 0 Å². The van der Waals surface area contributed by atoms with Crippen LogP contribution in [0.2, 0.25) is 0 Å². The average molecular weight is 263 g/mol. The Morgan fingerprint density at radius 2 is 2.16 bits per heavy atom. The van der Waals surface area contributed by atoms with E-state index < -0.39 is 0 Å². The van der Waals surface area contributed by atoms with E-state index in [9.17, 15) is 9.90 Å². The van der Waals surface area contributed by atoms with Crippen LogP contribution in [0.3, 0.4) is 0 Å². The number of carbonyl (C=O) groups is 1. The zero-order valence-electron chi connectivity index (χ0n) is 11.7. The fraction of sp³-hybridized carbons (Fsp3) is 0.533. The van der Waals surface area contributed by atoms with Crippen LogP contribution in [0, 0.1) is 5.92 Å². The smallest absolute Gasteiger partial charge is 0.228 e. The van der Waals surface area contributed by atoms with Crippen molar-refractivity contribution in [2.75, 3.05) is 13.7 Å². The molecule has 3 unspecified atom stereocenters. The van der Waals surface area contributed by atoms with E-state index in [0.717, 1.165) is 12.0 Å². The van der Waals surface area contributed by atoms with E-state index in [2.05, 4.69) is 0 Å². The van der Waals surface area contributed by atoms with Crippen LogP contribution in [0.5, 0.6) is 5.75 Å². The number of benzene rings is 1. The molecule has 2 rings (SSSR count). The summed E-state index contributed by atoms with van der Waals surface area (Å²) >= 11 is 0. The highest BCUT2D eigenvalue weighted by atomic mass is 16.5. The monoisotopic (exact) mass is 263 g/mol. The Labute approximate surface area is 114 Å². The predicted octanol–water partition coefficient (Wildman–Crippen LogP) is 2.34. The predicted molar refractivity (Wildman–Crippen MR) is 72.8 cm³/mol. The van der Waals surface area contributed by atoms with Gasteiger partial charge in [-0.05, 0) is 26.3 Å². The molecule has 19 heavy (non-hydrogen) atoms. The van der Waals surface area contributed by atoms with Gasteiger partial charge in [0, 0.05) is 12.6 Å². The van der Waals surface area contributed by atoms with Crippen molar-refractivity contribution in [3.05, 3.63) is 29.8 Å². The molecular weight excluding hydrogens is 242 g/mol. The minimum absolute atomic E-state index is 0.0618. The molecule has 0 bridgehead atoms. The standard InChI is InChI=1S/C15H21NO3/c1-10-8-12(9-19-10)15(18)16(3)11(2)13-6-4-5-7-14(13)17/h4-7,10-12,17H,8-9H2,1-3H3. The first-order valence-corrected chi connectivity index (χ1v) is 6.67. The van der Waals surface area contributed by atoms with Crippen LogP contribution in [0.25, 0.3) is 0 Å². The summed E-state index contributed by atoms with van der Waals surface area (Å²) < 4.78 is 5.45.